The lowest BCUT2D eigenvalue weighted by Gasteiger charge is -2.45. The van der Waals surface area contributed by atoms with Crippen LogP contribution >= 0.6 is 0 Å². The number of amides is 2. The van der Waals surface area contributed by atoms with Crippen LogP contribution in [0.3, 0.4) is 0 Å². The lowest BCUT2D eigenvalue weighted by Crippen LogP contribution is -2.56. The minimum atomic E-state index is -0.954. The van der Waals surface area contributed by atoms with E-state index in [0.717, 1.165) is 0 Å². The standard InChI is InChI=1S/C17H22N2O6/c1-3-24-14-5-4-12(25-14)15(21)19-8-6-17(7-9-19)11(16(22)23)10-13(20)18(17)2/h4-5,11H,3,6-10H2,1-2H3,(H,22,23)/t11-/m0/s1. The maximum Gasteiger partial charge on any atom is 0.309 e. The van der Waals surface area contributed by atoms with E-state index in [9.17, 15) is 19.5 Å². The minimum Gasteiger partial charge on any atom is -0.481 e. The molecular formula is C17H22N2O6. The van der Waals surface area contributed by atoms with E-state index in [2.05, 4.69) is 0 Å². The molecule has 0 aromatic carbocycles. The Hall–Kier alpha value is -2.51. The number of likely N-dealkylation sites (tertiary alicyclic amines) is 2. The van der Waals surface area contributed by atoms with E-state index in [1.165, 1.54) is 0 Å². The molecule has 2 amide bonds. The minimum absolute atomic E-state index is 0.0235. The largest absolute Gasteiger partial charge is 0.481 e. The normalized spacial score (nSPS) is 22.5. The zero-order chi connectivity index (χ0) is 18.2. The number of carbonyl (C=O) groups is 3. The Kier molecular flexibility index (Phi) is 4.45. The second kappa shape index (κ2) is 6.42. The Morgan fingerprint density at radius 1 is 1.36 bits per heavy atom. The zero-order valence-electron chi connectivity index (χ0n) is 14.4. The van der Waals surface area contributed by atoms with Crippen molar-refractivity contribution in [3.63, 3.8) is 0 Å². The highest BCUT2D eigenvalue weighted by Gasteiger charge is 2.55. The Morgan fingerprint density at radius 3 is 2.64 bits per heavy atom. The molecule has 1 aromatic heterocycles. The van der Waals surface area contributed by atoms with Crippen LogP contribution in [0.4, 0.5) is 0 Å². The third-order valence-corrected chi connectivity index (χ3v) is 5.36. The Balaban J connectivity index is 1.71. The molecule has 2 aliphatic heterocycles. The fraction of sp³-hybridized carbons (Fsp3) is 0.588. The molecule has 0 unspecified atom stereocenters. The van der Waals surface area contributed by atoms with E-state index >= 15 is 0 Å². The van der Waals surface area contributed by atoms with Gasteiger partial charge < -0.3 is 24.1 Å². The van der Waals surface area contributed by atoms with E-state index < -0.39 is 17.4 Å². The summed E-state index contributed by atoms with van der Waals surface area (Å²) in [6, 6.07) is 3.18. The van der Waals surface area contributed by atoms with Crippen molar-refractivity contribution in [2.24, 2.45) is 5.92 Å². The molecular weight excluding hydrogens is 328 g/mol. The Bertz CT molecular complexity index is 689. The quantitative estimate of drug-likeness (QED) is 0.876. The molecule has 136 valence electrons. The van der Waals surface area contributed by atoms with Gasteiger partial charge in [-0.1, -0.05) is 0 Å². The summed E-state index contributed by atoms with van der Waals surface area (Å²) in [5, 5.41) is 9.48. The molecule has 2 saturated heterocycles. The number of carboxylic acid groups (broad SMARTS) is 1. The van der Waals surface area contributed by atoms with Gasteiger partial charge in [-0.15, -0.1) is 0 Å². The summed E-state index contributed by atoms with van der Waals surface area (Å²) in [5.41, 5.74) is -0.709. The first-order valence-electron chi connectivity index (χ1n) is 8.40. The second-order valence-corrected chi connectivity index (χ2v) is 6.50. The topological polar surface area (TPSA) is 100 Å². The van der Waals surface area contributed by atoms with Crippen LogP contribution in [0.5, 0.6) is 5.95 Å². The van der Waals surface area contributed by atoms with Crippen molar-refractivity contribution in [2.75, 3.05) is 26.7 Å². The average molecular weight is 350 g/mol. The molecule has 0 radical (unpaired) electrons. The average Bonchev–Trinajstić information content (AvgIpc) is 3.15. The smallest absolute Gasteiger partial charge is 0.309 e. The number of hydrogen-bond donors (Lipinski definition) is 1. The van der Waals surface area contributed by atoms with Crippen molar-refractivity contribution in [1.82, 2.24) is 9.80 Å². The summed E-state index contributed by atoms with van der Waals surface area (Å²) in [4.78, 5) is 39.4. The van der Waals surface area contributed by atoms with Gasteiger partial charge in [-0.05, 0) is 25.8 Å². The van der Waals surface area contributed by atoms with Crippen molar-refractivity contribution < 1.29 is 28.6 Å². The van der Waals surface area contributed by atoms with E-state index in [0.29, 0.717) is 38.5 Å². The van der Waals surface area contributed by atoms with Crippen LogP contribution < -0.4 is 4.74 Å². The number of carboxylic acids is 1. The zero-order valence-corrected chi connectivity index (χ0v) is 14.4. The van der Waals surface area contributed by atoms with Gasteiger partial charge in [0.2, 0.25) is 5.91 Å². The lowest BCUT2D eigenvalue weighted by molar-refractivity contribution is -0.145. The highest BCUT2D eigenvalue weighted by molar-refractivity contribution is 5.92. The fourth-order valence-electron chi connectivity index (χ4n) is 3.89. The maximum absolute atomic E-state index is 12.6. The molecule has 2 fully saturated rings. The first kappa shape index (κ1) is 17.3. The van der Waals surface area contributed by atoms with Crippen LogP contribution in [0.25, 0.3) is 0 Å². The van der Waals surface area contributed by atoms with Gasteiger partial charge in [0, 0.05) is 32.6 Å². The van der Waals surface area contributed by atoms with Crippen molar-refractivity contribution in [2.45, 2.75) is 31.7 Å². The Labute approximate surface area is 145 Å². The van der Waals surface area contributed by atoms with Crippen LogP contribution in [-0.2, 0) is 9.59 Å². The van der Waals surface area contributed by atoms with E-state index in [-0.39, 0.29) is 24.0 Å². The number of nitrogens with zero attached hydrogens (tertiary/aromatic N) is 2. The third kappa shape index (κ3) is 2.85. The first-order chi connectivity index (χ1) is 11.9. The van der Waals surface area contributed by atoms with Crippen molar-refractivity contribution in [3.05, 3.63) is 17.9 Å². The van der Waals surface area contributed by atoms with Crippen LogP contribution in [0.1, 0.15) is 36.7 Å². The number of aliphatic carboxylic acids is 1. The van der Waals surface area contributed by atoms with Crippen LogP contribution in [0.2, 0.25) is 0 Å². The monoisotopic (exact) mass is 350 g/mol. The summed E-state index contributed by atoms with van der Waals surface area (Å²) < 4.78 is 10.6. The molecule has 3 heterocycles. The summed E-state index contributed by atoms with van der Waals surface area (Å²) in [5.74, 6) is -1.59. The fourth-order valence-corrected chi connectivity index (χ4v) is 3.89. The third-order valence-electron chi connectivity index (χ3n) is 5.36. The summed E-state index contributed by atoms with van der Waals surface area (Å²) >= 11 is 0. The van der Waals surface area contributed by atoms with Crippen molar-refractivity contribution in [1.29, 1.82) is 0 Å². The highest BCUT2D eigenvalue weighted by Crippen LogP contribution is 2.43. The predicted molar refractivity (Wildman–Crippen MR) is 86.3 cm³/mol. The van der Waals surface area contributed by atoms with Crippen LogP contribution in [0.15, 0.2) is 16.5 Å². The number of furan rings is 1. The van der Waals surface area contributed by atoms with Gasteiger partial charge >= 0.3 is 5.97 Å². The molecule has 1 aromatic rings. The Morgan fingerprint density at radius 2 is 2.04 bits per heavy atom. The molecule has 0 bridgehead atoms. The molecule has 0 saturated carbocycles. The van der Waals surface area contributed by atoms with Crippen molar-refractivity contribution in [3.8, 4) is 5.95 Å². The number of ether oxygens (including phenoxy) is 1. The molecule has 1 N–H and O–H groups in total. The van der Waals surface area contributed by atoms with Crippen molar-refractivity contribution >= 4 is 17.8 Å². The van der Waals surface area contributed by atoms with Gasteiger partial charge in [0.25, 0.3) is 11.9 Å². The molecule has 25 heavy (non-hydrogen) atoms. The maximum atomic E-state index is 12.6. The SMILES string of the molecule is CCOc1ccc(C(=O)N2CCC3(CC2)[C@H](C(=O)O)CC(=O)N3C)o1. The van der Waals surface area contributed by atoms with Gasteiger partial charge in [-0.25, -0.2) is 0 Å². The molecule has 0 aliphatic carbocycles. The first-order valence-corrected chi connectivity index (χ1v) is 8.40. The van der Waals surface area contributed by atoms with Gasteiger partial charge in [0.15, 0.2) is 5.76 Å². The van der Waals surface area contributed by atoms with E-state index in [4.69, 9.17) is 9.15 Å². The molecule has 8 nitrogen and oxygen atoms in total. The summed E-state index contributed by atoms with van der Waals surface area (Å²) in [6.07, 6.45) is 0.906. The summed E-state index contributed by atoms with van der Waals surface area (Å²) in [6.45, 7) is 3.03. The van der Waals surface area contributed by atoms with Crippen LogP contribution in [0, 0.1) is 5.92 Å². The highest BCUT2D eigenvalue weighted by atomic mass is 16.6. The van der Waals surface area contributed by atoms with Gasteiger partial charge in [-0.2, -0.15) is 0 Å². The number of hydrogen-bond acceptors (Lipinski definition) is 5. The second-order valence-electron chi connectivity index (χ2n) is 6.50. The van der Waals surface area contributed by atoms with E-state index in [1.807, 2.05) is 6.92 Å². The molecule has 1 atom stereocenters. The molecule has 8 heteroatoms. The van der Waals surface area contributed by atoms with E-state index in [1.54, 1.807) is 29.0 Å². The molecule has 3 rings (SSSR count). The van der Waals surface area contributed by atoms with Gasteiger partial charge in [-0.3, -0.25) is 14.4 Å². The van der Waals surface area contributed by atoms with Crippen LogP contribution in [-0.4, -0.2) is 65.0 Å². The summed E-state index contributed by atoms with van der Waals surface area (Å²) in [7, 11) is 1.66. The predicted octanol–water partition coefficient (Wildman–Crippen LogP) is 1.22. The number of carbonyl (C=O) groups excluding carboxylic acids is 2. The lowest BCUT2D eigenvalue weighted by atomic mass is 9.77. The number of rotatable bonds is 4. The van der Waals surface area contributed by atoms with Gasteiger partial charge in [0.05, 0.1) is 18.1 Å². The molecule has 1 spiro atoms. The molecule has 2 aliphatic rings. The van der Waals surface area contributed by atoms with Gasteiger partial charge in [0.1, 0.15) is 0 Å². The number of piperidine rings is 1.